The van der Waals surface area contributed by atoms with Crippen molar-refractivity contribution in [1.29, 1.82) is 0 Å². The molecule has 2 heterocycles. The molecule has 30 heavy (non-hydrogen) atoms. The molecule has 152 valence electrons. The number of morpholine rings is 1. The van der Waals surface area contributed by atoms with Gasteiger partial charge in [-0.25, -0.2) is 0 Å². The van der Waals surface area contributed by atoms with Crippen LogP contribution in [0.25, 0.3) is 5.69 Å². The minimum atomic E-state index is -0.512. The molecule has 0 unspecified atom stereocenters. The Hall–Kier alpha value is -3.78. The van der Waals surface area contributed by atoms with E-state index in [0.29, 0.717) is 43.2 Å². The Morgan fingerprint density at radius 1 is 0.900 bits per heavy atom. The molecule has 0 spiro atoms. The van der Waals surface area contributed by atoms with Crippen molar-refractivity contribution in [1.82, 2.24) is 14.7 Å². The minimum Gasteiger partial charge on any atom is -0.378 e. The molecule has 0 saturated carbocycles. The monoisotopic (exact) mass is 404 g/mol. The first-order valence-corrected chi connectivity index (χ1v) is 9.57. The van der Waals surface area contributed by atoms with Gasteiger partial charge < -0.3 is 15.0 Å². The second-order valence-corrected chi connectivity index (χ2v) is 6.71. The summed E-state index contributed by atoms with van der Waals surface area (Å²) in [6.07, 6.45) is 0. The van der Waals surface area contributed by atoms with E-state index in [4.69, 9.17) is 4.74 Å². The van der Waals surface area contributed by atoms with Crippen molar-refractivity contribution in [3.8, 4) is 5.69 Å². The Kier molecular flexibility index (Phi) is 5.67. The number of nitrogens with zero attached hydrogens (tertiary/aromatic N) is 3. The first-order valence-electron chi connectivity index (χ1n) is 9.57. The van der Waals surface area contributed by atoms with Crippen LogP contribution in [0.1, 0.15) is 20.8 Å². The van der Waals surface area contributed by atoms with E-state index in [1.54, 1.807) is 53.4 Å². The molecule has 1 N–H and O–H groups in total. The van der Waals surface area contributed by atoms with Gasteiger partial charge in [0.25, 0.3) is 17.4 Å². The normalized spacial score (nSPS) is 13.7. The zero-order valence-corrected chi connectivity index (χ0v) is 16.2. The van der Waals surface area contributed by atoms with E-state index in [2.05, 4.69) is 10.4 Å². The first kappa shape index (κ1) is 19.5. The second-order valence-electron chi connectivity index (χ2n) is 6.71. The van der Waals surface area contributed by atoms with Crippen LogP contribution in [-0.2, 0) is 4.74 Å². The Balaban J connectivity index is 1.59. The van der Waals surface area contributed by atoms with Crippen molar-refractivity contribution in [2.45, 2.75) is 0 Å². The number of ether oxygens (including phenoxy) is 1. The summed E-state index contributed by atoms with van der Waals surface area (Å²) >= 11 is 0. The molecule has 8 nitrogen and oxygen atoms in total. The number of hydrogen-bond donors (Lipinski definition) is 1. The van der Waals surface area contributed by atoms with Gasteiger partial charge in [0, 0.05) is 19.2 Å². The maximum absolute atomic E-state index is 12.9. The number of rotatable bonds is 4. The molecule has 0 radical (unpaired) electrons. The van der Waals surface area contributed by atoms with Crippen LogP contribution in [0.2, 0.25) is 0 Å². The van der Waals surface area contributed by atoms with E-state index in [-0.39, 0.29) is 17.2 Å². The fourth-order valence-electron chi connectivity index (χ4n) is 3.19. The lowest BCUT2D eigenvalue weighted by Gasteiger charge is -2.27. The van der Waals surface area contributed by atoms with Crippen molar-refractivity contribution in [3.63, 3.8) is 0 Å². The number of carbonyl (C=O) groups is 2. The SMILES string of the molecule is O=C(Nc1ccccc1C(=O)N1CCOCC1)c1ccc(=O)n(-c2ccccc2)n1. The summed E-state index contributed by atoms with van der Waals surface area (Å²) in [4.78, 5) is 39.6. The molecule has 2 aromatic carbocycles. The molecule has 4 rings (SSSR count). The summed E-state index contributed by atoms with van der Waals surface area (Å²) in [5, 5.41) is 6.93. The smallest absolute Gasteiger partial charge is 0.276 e. The van der Waals surface area contributed by atoms with Crippen LogP contribution in [0.4, 0.5) is 5.69 Å². The number of benzene rings is 2. The molecule has 1 aromatic heterocycles. The highest BCUT2D eigenvalue weighted by Gasteiger charge is 2.22. The quantitative estimate of drug-likeness (QED) is 0.718. The minimum absolute atomic E-state index is 0.0621. The van der Waals surface area contributed by atoms with Gasteiger partial charge >= 0.3 is 0 Å². The zero-order valence-electron chi connectivity index (χ0n) is 16.2. The molecule has 1 aliphatic rings. The van der Waals surface area contributed by atoms with Gasteiger partial charge in [-0.15, -0.1) is 0 Å². The van der Waals surface area contributed by atoms with Gasteiger partial charge in [-0.05, 0) is 30.3 Å². The van der Waals surface area contributed by atoms with Gasteiger partial charge in [0.2, 0.25) is 0 Å². The van der Waals surface area contributed by atoms with E-state index >= 15 is 0 Å². The van der Waals surface area contributed by atoms with E-state index in [0.717, 1.165) is 0 Å². The lowest BCUT2D eigenvalue weighted by Crippen LogP contribution is -2.41. The molecule has 3 aromatic rings. The zero-order chi connectivity index (χ0) is 20.9. The van der Waals surface area contributed by atoms with Crippen LogP contribution < -0.4 is 10.9 Å². The van der Waals surface area contributed by atoms with E-state index in [1.165, 1.54) is 16.8 Å². The Labute approximate surface area is 172 Å². The van der Waals surface area contributed by atoms with E-state index in [9.17, 15) is 14.4 Å². The van der Waals surface area contributed by atoms with Crippen molar-refractivity contribution in [2.24, 2.45) is 0 Å². The Bertz CT molecular complexity index is 1120. The standard InChI is InChI=1S/C22H20N4O4/c27-20-11-10-19(24-26(20)16-6-2-1-3-7-16)21(28)23-18-9-5-4-8-17(18)22(29)25-12-14-30-15-13-25/h1-11H,12-15H2,(H,23,28). The van der Waals surface area contributed by atoms with Crippen LogP contribution in [0, 0.1) is 0 Å². The number of nitrogens with one attached hydrogen (secondary N) is 1. The average Bonchev–Trinajstić information content (AvgIpc) is 2.80. The topological polar surface area (TPSA) is 93.5 Å². The van der Waals surface area contributed by atoms with Crippen LogP contribution in [0.15, 0.2) is 71.5 Å². The van der Waals surface area contributed by atoms with Crippen molar-refractivity contribution < 1.29 is 14.3 Å². The highest BCUT2D eigenvalue weighted by atomic mass is 16.5. The summed E-state index contributed by atoms with van der Waals surface area (Å²) in [7, 11) is 0. The van der Waals surface area contributed by atoms with Crippen LogP contribution in [-0.4, -0.2) is 52.8 Å². The van der Waals surface area contributed by atoms with Gasteiger partial charge in [-0.2, -0.15) is 9.78 Å². The van der Waals surface area contributed by atoms with E-state index < -0.39 is 5.91 Å². The fraction of sp³-hybridized carbons (Fsp3) is 0.182. The summed E-state index contributed by atoms with van der Waals surface area (Å²) in [5.41, 5.74) is 1.05. The Morgan fingerprint density at radius 2 is 1.60 bits per heavy atom. The number of hydrogen-bond acceptors (Lipinski definition) is 5. The lowest BCUT2D eigenvalue weighted by atomic mass is 10.1. The molecule has 0 aliphatic carbocycles. The summed E-state index contributed by atoms with van der Waals surface area (Å²) in [6.45, 7) is 1.99. The molecule has 0 atom stereocenters. The number of amides is 2. The summed E-state index contributed by atoms with van der Waals surface area (Å²) in [5.74, 6) is -0.682. The second kappa shape index (κ2) is 8.71. The summed E-state index contributed by atoms with van der Waals surface area (Å²) in [6, 6.07) is 18.3. The van der Waals surface area contributed by atoms with Crippen LogP contribution >= 0.6 is 0 Å². The highest BCUT2D eigenvalue weighted by Crippen LogP contribution is 2.19. The number of aromatic nitrogens is 2. The van der Waals surface area contributed by atoms with Crippen LogP contribution in [0.3, 0.4) is 0 Å². The molecule has 1 aliphatic heterocycles. The van der Waals surface area contributed by atoms with Crippen molar-refractivity contribution in [2.75, 3.05) is 31.6 Å². The van der Waals surface area contributed by atoms with E-state index in [1.807, 2.05) is 6.07 Å². The van der Waals surface area contributed by atoms with Crippen LogP contribution in [0.5, 0.6) is 0 Å². The molecule has 2 amide bonds. The third-order valence-electron chi connectivity index (χ3n) is 4.74. The highest BCUT2D eigenvalue weighted by molar-refractivity contribution is 6.08. The third kappa shape index (κ3) is 4.13. The van der Waals surface area contributed by atoms with Crippen molar-refractivity contribution >= 4 is 17.5 Å². The van der Waals surface area contributed by atoms with Gasteiger partial charge in [0.05, 0.1) is 30.2 Å². The molecule has 8 heteroatoms. The summed E-state index contributed by atoms with van der Waals surface area (Å²) < 4.78 is 6.46. The third-order valence-corrected chi connectivity index (χ3v) is 4.74. The number of anilines is 1. The van der Waals surface area contributed by atoms with Gasteiger partial charge in [-0.3, -0.25) is 14.4 Å². The van der Waals surface area contributed by atoms with Gasteiger partial charge in [0.15, 0.2) is 0 Å². The maximum Gasteiger partial charge on any atom is 0.276 e. The predicted molar refractivity (Wildman–Crippen MR) is 111 cm³/mol. The average molecular weight is 404 g/mol. The number of carbonyl (C=O) groups excluding carboxylic acids is 2. The predicted octanol–water partition coefficient (Wildman–Crippen LogP) is 1.96. The molecule has 0 bridgehead atoms. The maximum atomic E-state index is 12.9. The lowest BCUT2D eigenvalue weighted by molar-refractivity contribution is 0.0303. The van der Waals surface area contributed by atoms with Gasteiger partial charge in [0.1, 0.15) is 5.69 Å². The van der Waals surface area contributed by atoms with Gasteiger partial charge in [-0.1, -0.05) is 30.3 Å². The fourth-order valence-corrected chi connectivity index (χ4v) is 3.19. The molecular weight excluding hydrogens is 384 g/mol. The largest absolute Gasteiger partial charge is 0.378 e. The first-order chi connectivity index (χ1) is 14.6. The van der Waals surface area contributed by atoms with Crippen molar-refractivity contribution in [3.05, 3.63) is 88.3 Å². The molecule has 1 fully saturated rings. The number of para-hydroxylation sites is 2. The molecule has 1 saturated heterocycles. The Morgan fingerprint density at radius 3 is 2.37 bits per heavy atom. The molecular formula is C22H20N4O4.